The normalized spacial score (nSPS) is 20.8. The van der Waals surface area contributed by atoms with Gasteiger partial charge in [0, 0.05) is 40.2 Å². The molecule has 2 aliphatic heterocycles. The number of amides is 1. The molecule has 2 atom stereocenters. The van der Waals surface area contributed by atoms with Crippen LogP contribution in [0.15, 0.2) is 36.4 Å². The first-order chi connectivity index (χ1) is 16.9. The van der Waals surface area contributed by atoms with Crippen LogP contribution in [0.2, 0.25) is 0 Å². The van der Waals surface area contributed by atoms with Crippen molar-refractivity contribution < 1.29 is 13.6 Å². The molecule has 1 amide bonds. The van der Waals surface area contributed by atoms with Gasteiger partial charge in [-0.15, -0.1) is 23.7 Å². The average Bonchev–Trinajstić information content (AvgIpc) is 3.54. The number of nitrogens with two attached hydrogens (primary N) is 1. The highest BCUT2D eigenvalue weighted by Gasteiger charge is 2.43. The van der Waals surface area contributed by atoms with Gasteiger partial charge in [-0.05, 0) is 55.5 Å². The number of nitrogens with one attached hydrogen (secondary N) is 1. The number of hydrogen-bond acceptors (Lipinski definition) is 6. The number of carbonyl (C=O) groups is 1. The molecule has 0 saturated carbocycles. The highest BCUT2D eigenvalue weighted by atomic mass is 35.5. The highest BCUT2D eigenvalue weighted by molar-refractivity contribution is 7.18. The van der Waals surface area contributed by atoms with Crippen molar-refractivity contribution in [1.29, 1.82) is 5.26 Å². The van der Waals surface area contributed by atoms with E-state index >= 15 is 4.39 Å². The summed E-state index contributed by atoms with van der Waals surface area (Å²) in [6.07, 6.45) is 3.39. The molecule has 11 heteroatoms. The summed E-state index contributed by atoms with van der Waals surface area (Å²) in [6.45, 7) is 0. The van der Waals surface area contributed by atoms with Crippen molar-refractivity contribution in [2.45, 2.75) is 43.8 Å². The number of carbonyl (C=O) groups excluding carboxylic acids is 1. The predicted octanol–water partition coefficient (Wildman–Crippen LogP) is 5.02. The summed E-state index contributed by atoms with van der Waals surface area (Å²) in [6, 6.07) is 10.9. The zero-order valence-corrected chi connectivity index (χ0v) is 20.5. The first-order valence-electron chi connectivity index (χ1n) is 11.4. The molecule has 2 aromatic carbocycles. The maximum Gasteiger partial charge on any atom is 0.264 e. The van der Waals surface area contributed by atoms with E-state index in [0.29, 0.717) is 31.9 Å². The van der Waals surface area contributed by atoms with Crippen molar-refractivity contribution in [3.63, 3.8) is 0 Å². The number of halogens is 3. The minimum absolute atomic E-state index is 0. The van der Waals surface area contributed by atoms with Crippen molar-refractivity contribution in [2.24, 2.45) is 5.73 Å². The molecule has 7 nitrogen and oxygen atoms in total. The second kappa shape index (κ2) is 9.24. The van der Waals surface area contributed by atoms with Crippen molar-refractivity contribution >= 4 is 40.7 Å². The van der Waals surface area contributed by atoms with E-state index in [1.165, 1.54) is 29.5 Å². The van der Waals surface area contributed by atoms with Gasteiger partial charge in [-0.1, -0.05) is 6.07 Å². The number of benzene rings is 2. The zero-order valence-electron chi connectivity index (χ0n) is 18.9. The molecule has 0 radical (unpaired) electrons. The molecule has 6 rings (SSSR count). The van der Waals surface area contributed by atoms with Crippen LogP contribution in [0.1, 0.15) is 40.9 Å². The third kappa shape index (κ3) is 3.93. The average molecular weight is 527 g/mol. The largest absolute Gasteiger partial charge is 0.332 e. The molecule has 36 heavy (non-hydrogen) atoms. The molecule has 2 saturated heterocycles. The van der Waals surface area contributed by atoms with Crippen LogP contribution < -0.4 is 5.73 Å². The predicted molar refractivity (Wildman–Crippen MR) is 135 cm³/mol. The third-order valence-electron chi connectivity index (χ3n) is 7.00. The van der Waals surface area contributed by atoms with Gasteiger partial charge in [-0.25, -0.2) is 8.78 Å². The van der Waals surface area contributed by atoms with Crippen molar-refractivity contribution in [2.75, 3.05) is 0 Å². The fourth-order valence-electron chi connectivity index (χ4n) is 5.40. The van der Waals surface area contributed by atoms with E-state index in [9.17, 15) is 9.18 Å². The Morgan fingerprint density at radius 3 is 2.42 bits per heavy atom. The number of aromatic amines is 1. The van der Waals surface area contributed by atoms with Crippen molar-refractivity contribution in [3.05, 3.63) is 58.5 Å². The van der Waals surface area contributed by atoms with Gasteiger partial charge in [0.25, 0.3) is 5.91 Å². The Morgan fingerprint density at radius 2 is 1.75 bits per heavy atom. The Bertz CT molecular complexity index is 1510. The number of aromatic nitrogens is 3. The van der Waals surface area contributed by atoms with Crippen LogP contribution in [0, 0.1) is 23.0 Å². The van der Waals surface area contributed by atoms with Crippen LogP contribution in [0.3, 0.4) is 0 Å². The van der Waals surface area contributed by atoms with Gasteiger partial charge in [0.1, 0.15) is 28.7 Å². The molecule has 2 fully saturated rings. The summed E-state index contributed by atoms with van der Waals surface area (Å²) in [4.78, 5) is 16.5. The molecule has 184 valence electrons. The minimum atomic E-state index is -0.675. The molecule has 3 N–H and O–H groups in total. The van der Waals surface area contributed by atoms with Gasteiger partial charge in [0.2, 0.25) is 0 Å². The molecule has 0 aliphatic carbocycles. The molecular formula is C25H21ClF2N6OS. The maximum atomic E-state index is 15.2. The van der Waals surface area contributed by atoms with Crippen molar-refractivity contribution in [1.82, 2.24) is 20.3 Å². The third-order valence-corrected chi connectivity index (χ3v) is 8.15. The van der Waals surface area contributed by atoms with E-state index in [4.69, 9.17) is 11.0 Å². The first-order valence-corrected chi connectivity index (χ1v) is 12.2. The van der Waals surface area contributed by atoms with Crippen LogP contribution in [-0.2, 0) is 0 Å². The Hall–Kier alpha value is -3.39. The first kappa shape index (κ1) is 24.3. The van der Waals surface area contributed by atoms with E-state index < -0.39 is 11.6 Å². The molecule has 2 aliphatic rings. The maximum absolute atomic E-state index is 15.2. The SMILES string of the molecule is Cl.N#Cc1ccc(-c2cc(C(=O)N3C4CCC3CC(N)C4)sc2-c2cc3n[nH]nc3cc2F)cc1F. The Kier molecular flexibility index (Phi) is 6.24. The van der Waals surface area contributed by atoms with E-state index in [2.05, 4.69) is 15.4 Å². The lowest BCUT2D eigenvalue weighted by Crippen LogP contribution is -2.49. The molecular weight excluding hydrogens is 506 g/mol. The monoisotopic (exact) mass is 526 g/mol. The van der Waals surface area contributed by atoms with Crippen LogP contribution >= 0.6 is 23.7 Å². The van der Waals surface area contributed by atoms with Gasteiger partial charge in [0.15, 0.2) is 0 Å². The van der Waals surface area contributed by atoms with E-state index in [-0.39, 0.29) is 47.6 Å². The molecule has 4 heterocycles. The quantitative estimate of drug-likeness (QED) is 0.389. The van der Waals surface area contributed by atoms with Gasteiger partial charge < -0.3 is 10.6 Å². The lowest BCUT2D eigenvalue weighted by molar-refractivity contribution is 0.0580. The van der Waals surface area contributed by atoms with Gasteiger partial charge in [0.05, 0.1) is 10.4 Å². The smallest absolute Gasteiger partial charge is 0.264 e. The summed E-state index contributed by atoms with van der Waals surface area (Å²) in [5.74, 6) is -1.31. The Labute approximate surface area is 215 Å². The van der Waals surface area contributed by atoms with Crippen LogP contribution in [0.25, 0.3) is 32.6 Å². The molecule has 0 spiro atoms. The number of piperidine rings is 1. The van der Waals surface area contributed by atoms with E-state index in [0.717, 1.165) is 25.7 Å². The summed E-state index contributed by atoms with van der Waals surface area (Å²) >= 11 is 1.17. The van der Waals surface area contributed by atoms with Crippen LogP contribution in [0.4, 0.5) is 8.78 Å². The minimum Gasteiger partial charge on any atom is -0.332 e. The Morgan fingerprint density at radius 1 is 1.06 bits per heavy atom. The van der Waals surface area contributed by atoms with E-state index in [1.54, 1.807) is 18.2 Å². The summed E-state index contributed by atoms with van der Waals surface area (Å²) in [7, 11) is 0. The molecule has 4 aromatic rings. The number of rotatable bonds is 3. The number of nitrogens with zero attached hydrogens (tertiary/aromatic N) is 4. The lowest BCUT2D eigenvalue weighted by atomic mass is 9.97. The molecule has 2 bridgehead atoms. The number of thiophene rings is 1. The fourth-order valence-corrected chi connectivity index (χ4v) is 6.54. The van der Waals surface area contributed by atoms with Gasteiger partial charge in [-0.2, -0.15) is 20.7 Å². The summed E-state index contributed by atoms with van der Waals surface area (Å²) < 4.78 is 29.7. The van der Waals surface area contributed by atoms with E-state index in [1.807, 2.05) is 11.0 Å². The standard InChI is InChI=1S/C25H20F2N6OS.ClH/c26-19-5-12(1-2-13(19)11-28)17-9-23(25(34)33-15-3-4-16(33)7-14(29)6-15)35-24(17)18-8-21-22(10-20(18)27)31-32-30-21;/h1-2,5,8-10,14-16H,3-4,6-7,29H2,(H,30,31,32);1H. The number of hydrogen-bond donors (Lipinski definition) is 2. The van der Waals surface area contributed by atoms with Gasteiger partial charge in [-0.3, -0.25) is 4.79 Å². The van der Waals surface area contributed by atoms with Crippen LogP contribution in [-0.4, -0.2) is 44.3 Å². The topological polar surface area (TPSA) is 112 Å². The highest BCUT2D eigenvalue weighted by Crippen LogP contribution is 2.44. The number of H-pyrrole nitrogens is 1. The fraction of sp³-hybridized carbons (Fsp3) is 0.280. The van der Waals surface area contributed by atoms with Gasteiger partial charge >= 0.3 is 0 Å². The summed E-state index contributed by atoms with van der Waals surface area (Å²) in [5.41, 5.74) is 8.17. The number of fused-ring (bicyclic) bond motifs is 3. The zero-order chi connectivity index (χ0) is 24.3. The van der Waals surface area contributed by atoms with Crippen LogP contribution in [0.5, 0.6) is 0 Å². The molecule has 2 aromatic heterocycles. The number of nitriles is 1. The molecule has 2 unspecified atom stereocenters. The van der Waals surface area contributed by atoms with Crippen molar-refractivity contribution in [3.8, 4) is 27.6 Å². The lowest BCUT2D eigenvalue weighted by Gasteiger charge is -2.37. The second-order valence-electron chi connectivity index (χ2n) is 9.13. The summed E-state index contributed by atoms with van der Waals surface area (Å²) in [5, 5.41) is 19.6. The second-order valence-corrected chi connectivity index (χ2v) is 10.2. The Balaban J connectivity index is 0.00000267.